The Bertz CT molecular complexity index is 507. The number of pyridine rings is 1. The molecule has 4 nitrogen and oxygen atoms in total. The van der Waals surface area contributed by atoms with E-state index in [9.17, 15) is 4.79 Å². The van der Waals surface area contributed by atoms with Gasteiger partial charge in [-0.25, -0.2) is 0 Å². The predicted molar refractivity (Wildman–Crippen MR) is 98.8 cm³/mol. The van der Waals surface area contributed by atoms with Crippen LogP contribution in [0.1, 0.15) is 44.6 Å². The van der Waals surface area contributed by atoms with Gasteiger partial charge >= 0.3 is 0 Å². The first-order chi connectivity index (χ1) is 11.7. The highest BCUT2D eigenvalue weighted by atomic mass is 16.2. The maximum atomic E-state index is 12.7. The minimum atomic E-state index is 0.171. The second kappa shape index (κ2) is 10.2. The van der Waals surface area contributed by atoms with Gasteiger partial charge in [-0.05, 0) is 63.5 Å². The smallest absolute Gasteiger partial charge is 0.246 e. The van der Waals surface area contributed by atoms with Crippen LogP contribution < -0.4 is 0 Å². The van der Waals surface area contributed by atoms with Gasteiger partial charge in [-0.15, -0.1) is 0 Å². The molecule has 0 atom stereocenters. The van der Waals surface area contributed by atoms with Crippen molar-refractivity contribution >= 4 is 5.91 Å². The molecule has 1 fully saturated rings. The highest BCUT2D eigenvalue weighted by molar-refractivity contribution is 5.87. The Morgan fingerprint density at radius 3 is 2.83 bits per heavy atom. The predicted octanol–water partition coefficient (Wildman–Crippen LogP) is 3.29. The number of amides is 1. The molecule has 0 saturated carbocycles. The van der Waals surface area contributed by atoms with Gasteiger partial charge in [0.1, 0.15) is 0 Å². The van der Waals surface area contributed by atoms with E-state index >= 15 is 0 Å². The van der Waals surface area contributed by atoms with E-state index in [4.69, 9.17) is 0 Å². The summed E-state index contributed by atoms with van der Waals surface area (Å²) < 4.78 is 0. The number of unbranched alkanes of at least 4 members (excludes halogenated alkanes) is 2. The lowest BCUT2D eigenvalue weighted by Gasteiger charge is -2.37. The van der Waals surface area contributed by atoms with E-state index in [-0.39, 0.29) is 5.91 Å². The zero-order valence-corrected chi connectivity index (χ0v) is 15.2. The molecule has 2 heterocycles. The van der Waals surface area contributed by atoms with Gasteiger partial charge in [0.2, 0.25) is 5.91 Å². The number of carbonyl (C=O) groups is 1. The van der Waals surface area contributed by atoms with Gasteiger partial charge in [-0.2, -0.15) is 0 Å². The molecule has 1 aromatic rings. The number of hydrogen-bond acceptors (Lipinski definition) is 3. The van der Waals surface area contributed by atoms with E-state index in [1.54, 1.807) is 12.3 Å². The summed E-state index contributed by atoms with van der Waals surface area (Å²) in [6.07, 6.45) is 13.8. The van der Waals surface area contributed by atoms with Gasteiger partial charge in [-0.1, -0.05) is 31.9 Å². The number of likely N-dealkylation sites (tertiary alicyclic amines) is 1. The van der Waals surface area contributed by atoms with Crippen molar-refractivity contribution in [2.45, 2.75) is 51.5 Å². The molecule has 0 unspecified atom stereocenters. The fourth-order valence-electron chi connectivity index (χ4n) is 3.22. The second-order valence-electron chi connectivity index (χ2n) is 6.74. The first-order valence-corrected chi connectivity index (χ1v) is 9.25. The summed E-state index contributed by atoms with van der Waals surface area (Å²) in [5, 5.41) is 0. The largest absolute Gasteiger partial charge is 0.336 e. The summed E-state index contributed by atoms with van der Waals surface area (Å²) in [6.45, 7) is 5.26. The van der Waals surface area contributed by atoms with Gasteiger partial charge in [-0.3, -0.25) is 9.78 Å². The fraction of sp³-hybridized carbons (Fsp3) is 0.600. The van der Waals surface area contributed by atoms with Crippen molar-refractivity contribution in [1.82, 2.24) is 14.8 Å². The van der Waals surface area contributed by atoms with Gasteiger partial charge in [0.25, 0.3) is 0 Å². The normalized spacial score (nSPS) is 16.6. The molecule has 0 aromatic carbocycles. The molecular weight excluding hydrogens is 298 g/mol. The third kappa shape index (κ3) is 6.08. The number of allylic oxidation sites excluding steroid dienone is 1. The summed E-state index contributed by atoms with van der Waals surface area (Å²) in [5.41, 5.74) is 1.14. The molecule has 1 aromatic heterocycles. The Balaban J connectivity index is 1.92. The van der Waals surface area contributed by atoms with Crippen LogP contribution in [-0.2, 0) is 11.2 Å². The van der Waals surface area contributed by atoms with Crippen molar-refractivity contribution in [3.8, 4) is 0 Å². The first-order valence-electron chi connectivity index (χ1n) is 9.25. The molecule has 4 heteroatoms. The van der Waals surface area contributed by atoms with Crippen LogP contribution >= 0.6 is 0 Å². The molecule has 0 aliphatic carbocycles. The summed E-state index contributed by atoms with van der Waals surface area (Å²) >= 11 is 0. The molecule has 0 spiro atoms. The molecule has 0 bridgehead atoms. The van der Waals surface area contributed by atoms with Crippen LogP contribution in [0.25, 0.3) is 0 Å². The zero-order chi connectivity index (χ0) is 17.2. The quantitative estimate of drug-likeness (QED) is 0.542. The Hall–Kier alpha value is -1.68. The van der Waals surface area contributed by atoms with E-state index in [0.29, 0.717) is 6.04 Å². The number of piperidine rings is 1. The Morgan fingerprint density at radius 1 is 1.38 bits per heavy atom. The number of carbonyl (C=O) groups excluding carboxylic acids is 1. The van der Waals surface area contributed by atoms with E-state index < -0.39 is 0 Å². The highest BCUT2D eigenvalue weighted by Crippen LogP contribution is 2.17. The van der Waals surface area contributed by atoms with Crippen LogP contribution in [0, 0.1) is 0 Å². The molecular formula is C20H31N3O. The lowest BCUT2D eigenvalue weighted by molar-refractivity contribution is -0.129. The average Bonchev–Trinajstić information content (AvgIpc) is 2.61. The fourth-order valence-corrected chi connectivity index (χ4v) is 3.22. The van der Waals surface area contributed by atoms with Crippen molar-refractivity contribution in [3.05, 3.63) is 42.2 Å². The van der Waals surface area contributed by atoms with Gasteiger partial charge in [0.15, 0.2) is 0 Å². The molecule has 1 amide bonds. The van der Waals surface area contributed by atoms with Crippen LogP contribution in [0.3, 0.4) is 0 Å². The van der Waals surface area contributed by atoms with E-state index in [2.05, 4.69) is 28.8 Å². The van der Waals surface area contributed by atoms with Crippen molar-refractivity contribution in [2.24, 2.45) is 0 Å². The number of hydrogen-bond donors (Lipinski definition) is 0. The maximum absolute atomic E-state index is 12.7. The Labute approximate surface area is 146 Å². The molecule has 0 radical (unpaired) electrons. The standard InChI is InChI=1S/C20H31N3O/c1-3-4-5-14-23(19-11-15-22(2)16-12-19)20(24)10-6-8-18-9-7-13-21-17-18/h6-7,9-10,13,17,19H,3-5,8,11-12,14-16H2,1-2H3/b10-6-. The minimum Gasteiger partial charge on any atom is -0.336 e. The van der Waals surface area contributed by atoms with Crippen LogP contribution in [0.15, 0.2) is 36.7 Å². The van der Waals surface area contributed by atoms with Crippen LogP contribution in [-0.4, -0.2) is 53.4 Å². The van der Waals surface area contributed by atoms with Crippen LogP contribution in [0.5, 0.6) is 0 Å². The molecule has 1 aliphatic rings. The van der Waals surface area contributed by atoms with Gasteiger partial charge < -0.3 is 9.80 Å². The van der Waals surface area contributed by atoms with E-state index in [1.165, 1.54) is 12.8 Å². The molecule has 2 rings (SSSR count). The number of aromatic nitrogens is 1. The monoisotopic (exact) mass is 329 g/mol. The third-order valence-corrected chi connectivity index (χ3v) is 4.75. The number of rotatable bonds is 8. The zero-order valence-electron chi connectivity index (χ0n) is 15.2. The molecule has 1 aliphatic heterocycles. The third-order valence-electron chi connectivity index (χ3n) is 4.75. The lowest BCUT2D eigenvalue weighted by atomic mass is 10.0. The highest BCUT2D eigenvalue weighted by Gasteiger charge is 2.25. The summed E-state index contributed by atoms with van der Waals surface area (Å²) in [7, 11) is 2.16. The lowest BCUT2D eigenvalue weighted by Crippen LogP contribution is -2.46. The summed E-state index contributed by atoms with van der Waals surface area (Å²) in [5.74, 6) is 0.171. The van der Waals surface area contributed by atoms with Gasteiger partial charge in [0.05, 0.1) is 0 Å². The van der Waals surface area contributed by atoms with Crippen molar-refractivity contribution < 1.29 is 4.79 Å². The summed E-state index contributed by atoms with van der Waals surface area (Å²) in [4.78, 5) is 21.3. The Kier molecular flexibility index (Phi) is 7.96. The first kappa shape index (κ1) is 18.7. The van der Waals surface area contributed by atoms with Crippen LogP contribution in [0.4, 0.5) is 0 Å². The van der Waals surface area contributed by atoms with E-state index in [1.807, 2.05) is 24.4 Å². The molecule has 1 saturated heterocycles. The molecule has 132 valence electrons. The topological polar surface area (TPSA) is 36.4 Å². The average molecular weight is 329 g/mol. The van der Waals surface area contributed by atoms with E-state index in [0.717, 1.165) is 50.9 Å². The SMILES string of the molecule is CCCCCN(C(=O)/C=C\Cc1cccnc1)C1CCN(C)CC1. The molecule has 24 heavy (non-hydrogen) atoms. The van der Waals surface area contributed by atoms with Crippen molar-refractivity contribution in [2.75, 3.05) is 26.7 Å². The maximum Gasteiger partial charge on any atom is 0.246 e. The Morgan fingerprint density at radius 2 is 2.17 bits per heavy atom. The van der Waals surface area contributed by atoms with Crippen LogP contribution in [0.2, 0.25) is 0 Å². The second-order valence-corrected chi connectivity index (χ2v) is 6.74. The van der Waals surface area contributed by atoms with Crippen molar-refractivity contribution in [3.63, 3.8) is 0 Å². The summed E-state index contributed by atoms with van der Waals surface area (Å²) in [6, 6.07) is 4.37. The number of nitrogens with zero attached hydrogens (tertiary/aromatic N) is 3. The van der Waals surface area contributed by atoms with Crippen molar-refractivity contribution in [1.29, 1.82) is 0 Å². The van der Waals surface area contributed by atoms with Gasteiger partial charge in [0, 0.05) is 25.0 Å². The minimum absolute atomic E-state index is 0.171. The molecule has 0 N–H and O–H groups in total.